The number of sulfonamides is 1. The number of hydrogen-bond acceptors (Lipinski definition) is 4. The van der Waals surface area contributed by atoms with E-state index in [-0.39, 0.29) is 5.91 Å². The van der Waals surface area contributed by atoms with Crippen molar-refractivity contribution in [3.8, 4) is 0 Å². The smallest absolute Gasteiger partial charge is 0.252 e. The van der Waals surface area contributed by atoms with Gasteiger partial charge in [0.05, 0.1) is 0 Å². The maximum absolute atomic E-state index is 12.5. The van der Waals surface area contributed by atoms with Gasteiger partial charge >= 0.3 is 0 Å². The predicted molar refractivity (Wildman–Crippen MR) is 105 cm³/mol. The van der Waals surface area contributed by atoms with Crippen molar-refractivity contribution in [3.63, 3.8) is 0 Å². The Morgan fingerprint density at radius 3 is 2.54 bits per heavy atom. The molecule has 138 valence electrons. The summed E-state index contributed by atoms with van der Waals surface area (Å²) in [5.41, 5.74) is 1.84. The van der Waals surface area contributed by atoms with Crippen LogP contribution in [0, 0.1) is 6.92 Å². The fraction of sp³-hybridized carbons (Fsp3) is 0.278. The van der Waals surface area contributed by atoms with Crippen molar-refractivity contribution in [2.75, 3.05) is 26.2 Å². The lowest BCUT2D eigenvalue weighted by Crippen LogP contribution is -2.50. The number of benzene rings is 1. The number of carbonyl (C=O) groups is 1. The van der Waals surface area contributed by atoms with Gasteiger partial charge in [-0.2, -0.15) is 4.31 Å². The van der Waals surface area contributed by atoms with Gasteiger partial charge in [0, 0.05) is 37.3 Å². The largest absolute Gasteiger partial charge is 0.337 e. The van der Waals surface area contributed by atoms with E-state index in [2.05, 4.69) is 0 Å². The highest BCUT2D eigenvalue weighted by Gasteiger charge is 2.30. The van der Waals surface area contributed by atoms with Crippen LogP contribution in [0.5, 0.6) is 0 Å². The van der Waals surface area contributed by atoms with Gasteiger partial charge in [-0.15, -0.1) is 11.3 Å². The lowest BCUT2D eigenvalue weighted by molar-refractivity contribution is -0.127. The van der Waals surface area contributed by atoms with E-state index in [1.165, 1.54) is 21.7 Å². The molecule has 26 heavy (non-hydrogen) atoms. The zero-order valence-electron chi connectivity index (χ0n) is 14.3. The normalized spacial score (nSPS) is 16.3. The van der Waals surface area contributed by atoms with Crippen LogP contribution in [-0.4, -0.2) is 49.7 Å². The van der Waals surface area contributed by atoms with Crippen LogP contribution < -0.4 is 0 Å². The SMILES string of the molecule is Cc1ccc(/C=C/C(=O)N2CCN(S(=O)(=O)c3cccs3)CC2)cc1Cl. The van der Waals surface area contributed by atoms with Gasteiger partial charge in [0.25, 0.3) is 10.0 Å². The Labute approximate surface area is 162 Å². The first-order valence-electron chi connectivity index (χ1n) is 8.15. The van der Waals surface area contributed by atoms with Crippen molar-refractivity contribution >= 4 is 44.9 Å². The number of halogens is 1. The maximum Gasteiger partial charge on any atom is 0.252 e. The summed E-state index contributed by atoms with van der Waals surface area (Å²) in [6.07, 6.45) is 3.23. The molecule has 3 rings (SSSR count). The Hall–Kier alpha value is -1.67. The van der Waals surface area contributed by atoms with E-state index in [0.29, 0.717) is 35.4 Å². The standard InChI is InChI=1S/C18H19ClN2O3S2/c1-14-4-5-15(13-16(14)19)6-7-17(22)20-8-10-21(11-9-20)26(23,24)18-3-2-12-25-18/h2-7,12-13H,8-11H2,1H3/b7-6+. The van der Waals surface area contributed by atoms with Gasteiger partial charge in [0.1, 0.15) is 4.21 Å². The highest BCUT2D eigenvalue weighted by atomic mass is 35.5. The molecule has 1 aliphatic rings. The molecule has 0 saturated carbocycles. The van der Waals surface area contributed by atoms with Gasteiger partial charge < -0.3 is 4.90 Å². The molecular weight excluding hydrogens is 392 g/mol. The number of nitrogens with zero attached hydrogens (tertiary/aromatic N) is 2. The summed E-state index contributed by atoms with van der Waals surface area (Å²) in [6, 6.07) is 8.94. The first kappa shape index (κ1) is 19.1. The fourth-order valence-corrected chi connectivity index (χ4v) is 5.43. The fourth-order valence-electron chi connectivity index (χ4n) is 2.67. The number of carbonyl (C=O) groups excluding carboxylic acids is 1. The number of hydrogen-bond donors (Lipinski definition) is 0. The van der Waals surface area contributed by atoms with Crippen LogP contribution in [0.4, 0.5) is 0 Å². The van der Waals surface area contributed by atoms with Gasteiger partial charge in [0.15, 0.2) is 0 Å². The highest BCUT2D eigenvalue weighted by molar-refractivity contribution is 7.91. The second-order valence-electron chi connectivity index (χ2n) is 6.00. The predicted octanol–water partition coefficient (Wildman–Crippen LogP) is 3.26. The molecule has 1 aliphatic heterocycles. The van der Waals surface area contributed by atoms with Crippen molar-refractivity contribution in [1.82, 2.24) is 9.21 Å². The summed E-state index contributed by atoms with van der Waals surface area (Å²) in [5.74, 6) is -0.130. The van der Waals surface area contributed by atoms with Crippen LogP contribution in [0.25, 0.3) is 6.08 Å². The Kier molecular flexibility index (Phi) is 5.82. The van der Waals surface area contributed by atoms with Crippen LogP contribution >= 0.6 is 22.9 Å². The second kappa shape index (κ2) is 7.92. The summed E-state index contributed by atoms with van der Waals surface area (Å²) in [4.78, 5) is 14.0. The molecule has 8 heteroatoms. The van der Waals surface area contributed by atoms with E-state index >= 15 is 0 Å². The molecular formula is C18H19ClN2O3S2. The molecule has 0 unspecified atom stereocenters. The Bertz CT molecular complexity index is 916. The molecule has 0 N–H and O–H groups in total. The molecule has 1 amide bonds. The van der Waals surface area contributed by atoms with Crippen LogP contribution in [0.15, 0.2) is 46.0 Å². The number of amides is 1. The maximum atomic E-state index is 12.5. The van der Waals surface area contributed by atoms with Crippen molar-refractivity contribution in [2.45, 2.75) is 11.1 Å². The Morgan fingerprint density at radius 1 is 1.19 bits per heavy atom. The molecule has 0 radical (unpaired) electrons. The molecule has 0 atom stereocenters. The molecule has 0 aliphatic carbocycles. The lowest BCUT2D eigenvalue weighted by Gasteiger charge is -2.33. The van der Waals surface area contributed by atoms with E-state index in [1.54, 1.807) is 28.5 Å². The van der Waals surface area contributed by atoms with Gasteiger partial charge in [-0.05, 0) is 41.6 Å². The van der Waals surface area contributed by atoms with Gasteiger partial charge in [-0.25, -0.2) is 8.42 Å². The molecule has 1 aromatic carbocycles. The van der Waals surface area contributed by atoms with E-state index < -0.39 is 10.0 Å². The topological polar surface area (TPSA) is 57.7 Å². The van der Waals surface area contributed by atoms with Crippen molar-refractivity contribution < 1.29 is 13.2 Å². The highest BCUT2D eigenvalue weighted by Crippen LogP contribution is 2.22. The lowest BCUT2D eigenvalue weighted by atomic mass is 10.1. The quantitative estimate of drug-likeness (QED) is 0.727. The van der Waals surface area contributed by atoms with Gasteiger partial charge in [-0.3, -0.25) is 4.79 Å². The van der Waals surface area contributed by atoms with Crippen LogP contribution in [0.1, 0.15) is 11.1 Å². The average molecular weight is 411 g/mol. The first-order chi connectivity index (χ1) is 12.4. The Morgan fingerprint density at radius 2 is 1.92 bits per heavy atom. The zero-order valence-corrected chi connectivity index (χ0v) is 16.6. The van der Waals surface area contributed by atoms with Gasteiger partial charge in [-0.1, -0.05) is 29.8 Å². The zero-order chi connectivity index (χ0) is 18.7. The third-order valence-corrected chi connectivity index (χ3v) is 7.93. The molecule has 5 nitrogen and oxygen atoms in total. The number of piperazine rings is 1. The summed E-state index contributed by atoms with van der Waals surface area (Å²) in [6.45, 7) is 3.28. The van der Waals surface area contributed by atoms with E-state index in [9.17, 15) is 13.2 Å². The average Bonchev–Trinajstić information content (AvgIpc) is 3.18. The minimum atomic E-state index is -3.45. The molecule has 1 fully saturated rings. The van der Waals surface area contributed by atoms with Crippen molar-refractivity contribution in [1.29, 1.82) is 0 Å². The Balaban J connectivity index is 1.60. The summed E-state index contributed by atoms with van der Waals surface area (Å²) in [7, 11) is -3.45. The monoisotopic (exact) mass is 410 g/mol. The second-order valence-corrected chi connectivity index (χ2v) is 9.52. The summed E-state index contributed by atoms with van der Waals surface area (Å²) < 4.78 is 26.8. The van der Waals surface area contributed by atoms with E-state index in [1.807, 2.05) is 25.1 Å². The van der Waals surface area contributed by atoms with Crippen LogP contribution in [0.3, 0.4) is 0 Å². The van der Waals surface area contributed by atoms with E-state index in [0.717, 1.165) is 11.1 Å². The summed E-state index contributed by atoms with van der Waals surface area (Å²) in [5, 5.41) is 2.40. The van der Waals surface area contributed by atoms with E-state index in [4.69, 9.17) is 11.6 Å². The molecule has 2 aromatic rings. The molecule has 1 aromatic heterocycles. The molecule has 0 spiro atoms. The molecule has 2 heterocycles. The number of rotatable bonds is 4. The number of thiophene rings is 1. The molecule has 1 saturated heterocycles. The van der Waals surface area contributed by atoms with Crippen molar-refractivity contribution in [3.05, 3.63) is 57.9 Å². The first-order valence-corrected chi connectivity index (χ1v) is 10.8. The minimum Gasteiger partial charge on any atom is -0.337 e. The minimum absolute atomic E-state index is 0.130. The van der Waals surface area contributed by atoms with Crippen LogP contribution in [0.2, 0.25) is 5.02 Å². The molecule has 0 bridgehead atoms. The third-order valence-electron chi connectivity index (χ3n) is 4.25. The summed E-state index contributed by atoms with van der Waals surface area (Å²) >= 11 is 7.29. The third kappa shape index (κ3) is 4.17. The number of aryl methyl sites for hydroxylation is 1. The van der Waals surface area contributed by atoms with Crippen LogP contribution in [-0.2, 0) is 14.8 Å². The van der Waals surface area contributed by atoms with Gasteiger partial charge in [0.2, 0.25) is 5.91 Å². The van der Waals surface area contributed by atoms with Crippen molar-refractivity contribution in [2.24, 2.45) is 0 Å².